The lowest BCUT2D eigenvalue weighted by atomic mass is 10.1. The maximum atomic E-state index is 12.5. The molecule has 6 nitrogen and oxygen atoms in total. The van der Waals surface area contributed by atoms with Gasteiger partial charge < -0.3 is 4.90 Å². The fraction of sp³-hybridized carbons (Fsp3) is 0.250. The number of nitro groups is 1. The Morgan fingerprint density at radius 2 is 2.00 bits per heavy atom. The Bertz CT molecular complexity index is 683. The van der Waals surface area contributed by atoms with Crippen molar-refractivity contribution in [3.8, 4) is 0 Å². The highest BCUT2D eigenvalue weighted by molar-refractivity contribution is 5.93. The highest BCUT2D eigenvalue weighted by atomic mass is 16.6. The number of hydrogen-bond acceptors (Lipinski definition) is 4. The van der Waals surface area contributed by atoms with Gasteiger partial charge in [0, 0.05) is 30.1 Å². The Balaban J connectivity index is 2.24. The summed E-state index contributed by atoms with van der Waals surface area (Å²) in [6.45, 7) is 4.34. The van der Waals surface area contributed by atoms with Crippen LogP contribution in [0.2, 0.25) is 0 Å². The quantitative estimate of drug-likeness (QED) is 0.628. The van der Waals surface area contributed by atoms with Crippen molar-refractivity contribution in [3.63, 3.8) is 0 Å². The van der Waals surface area contributed by atoms with Crippen molar-refractivity contribution in [1.29, 1.82) is 0 Å². The highest BCUT2D eigenvalue weighted by Crippen LogP contribution is 2.20. The summed E-state index contributed by atoms with van der Waals surface area (Å²) >= 11 is 0. The van der Waals surface area contributed by atoms with Crippen LogP contribution >= 0.6 is 0 Å². The zero-order valence-electron chi connectivity index (χ0n) is 12.5. The van der Waals surface area contributed by atoms with Gasteiger partial charge in [0.25, 0.3) is 11.6 Å². The highest BCUT2D eigenvalue weighted by Gasteiger charge is 2.19. The summed E-state index contributed by atoms with van der Waals surface area (Å²) in [6.07, 6.45) is 1.53. The topological polar surface area (TPSA) is 76.3 Å². The van der Waals surface area contributed by atoms with Crippen LogP contribution in [0.3, 0.4) is 0 Å². The van der Waals surface area contributed by atoms with Crippen LogP contribution in [-0.4, -0.2) is 27.3 Å². The van der Waals surface area contributed by atoms with Crippen molar-refractivity contribution in [3.05, 3.63) is 69.5 Å². The number of rotatable bonds is 5. The van der Waals surface area contributed by atoms with E-state index in [0.717, 1.165) is 5.69 Å². The van der Waals surface area contributed by atoms with Gasteiger partial charge in [-0.3, -0.25) is 19.9 Å². The van der Waals surface area contributed by atoms with Gasteiger partial charge in [-0.05, 0) is 26.0 Å². The van der Waals surface area contributed by atoms with Crippen LogP contribution in [-0.2, 0) is 6.54 Å². The number of pyridine rings is 1. The number of carbonyl (C=O) groups excluding carboxylic acids is 1. The number of amides is 1. The van der Waals surface area contributed by atoms with Crippen molar-refractivity contribution in [1.82, 2.24) is 9.88 Å². The molecule has 0 aliphatic carbocycles. The maximum Gasteiger partial charge on any atom is 0.274 e. The number of carbonyl (C=O) groups is 1. The molecule has 0 bridgehead atoms. The molecule has 1 amide bonds. The first kappa shape index (κ1) is 15.6. The second-order valence-electron chi connectivity index (χ2n) is 4.89. The predicted octanol–water partition coefficient (Wildman–Crippen LogP) is 2.96. The maximum absolute atomic E-state index is 12.5. The second-order valence-corrected chi connectivity index (χ2v) is 4.89. The van der Waals surface area contributed by atoms with Crippen molar-refractivity contribution in [2.45, 2.75) is 20.4 Å². The van der Waals surface area contributed by atoms with Crippen LogP contribution in [0.15, 0.2) is 42.6 Å². The van der Waals surface area contributed by atoms with Crippen LogP contribution in [0, 0.1) is 17.0 Å². The zero-order chi connectivity index (χ0) is 16.1. The molecule has 6 heteroatoms. The smallest absolute Gasteiger partial charge is 0.274 e. The summed E-state index contributed by atoms with van der Waals surface area (Å²) in [5.41, 5.74) is 1.85. The zero-order valence-corrected chi connectivity index (χ0v) is 12.5. The van der Waals surface area contributed by atoms with Gasteiger partial charge in [-0.15, -0.1) is 0 Å². The summed E-state index contributed by atoms with van der Waals surface area (Å²) < 4.78 is 0. The molecule has 114 valence electrons. The molecule has 2 aromatic rings. The Labute approximate surface area is 128 Å². The van der Waals surface area contributed by atoms with E-state index in [0.29, 0.717) is 17.7 Å². The van der Waals surface area contributed by atoms with E-state index in [-0.39, 0.29) is 18.1 Å². The lowest BCUT2D eigenvalue weighted by Gasteiger charge is -2.21. The molecule has 1 heterocycles. The number of hydrogen-bond donors (Lipinski definition) is 0. The number of nitrogens with zero attached hydrogens (tertiary/aromatic N) is 3. The number of benzene rings is 1. The standard InChI is InChI=1S/C16H17N3O3/c1-3-18(16(20)13-9-8-12(2)17-10-13)11-14-6-4-5-7-15(14)19(21)22/h4-10H,3,11H2,1-2H3. The second kappa shape index (κ2) is 6.80. The van der Waals surface area contributed by atoms with Gasteiger partial charge in [-0.1, -0.05) is 18.2 Å². The normalized spacial score (nSPS) is 10.3. The minimum absolute atomic E-state index is 0.0239. The number of nitro benzene ring substituents is 1. The van der Waals surface area contributed by atoms with E-state index in [1.54, 1.807) is 35.2 Å². The first-order valence-electron chi connectivity index (χ1n) is 6.97. The average molecular weight is 299 g/mol. The van der Waals surface area contributed by atoms with E-state index in [1.165, 1.54) is 12.3 Å². The van der Waals surface area contributed by atoms with Gasteiger partial charge >= 0.3 is 0 Å². The Hall–Kier alpha value is -2.76. The lowest BCUT2D eigenvalue weighted by Crippen LogP contribution is -2.30. The largest absolute Gasteiger partial charge is 0.334 e. The molecule has 1 aromatic heterocycles. The number of aromatic nitrogens is 1. The third-order valence-electron chi connectivity index (χ3n) is 3.38. The minimum Gasteiger partial charge on any atom is -0.334 e. The van der Waals surface area contributed by atoms with Gasteiger partial charge in [-0.25, -0.2) is 0 Å². The average Bonchev–Trinajstić information content (AvgIpc) is 2.53. The molecule has 0 saturated carbocycles. The van der Waals surface area contributed by atoms with E-state index in [9.17, 15) is 14.9 Å². The van der Waals surface area contributed by atoms with Crippen molar-refractivity contribution < 1.29 is 9.72 Å². The summed E-state index contributed by atoms with van der Waals surface area (Å²) in [6, 6.07) is 9.94. The molecule has 0 unspecified atom stereocenters. The van der Waals surface area contributed by atoms with E-state index in [1.807, 2.05) is 13.8 Å². The fourth-order valence-corrected chi connectivity index (χ4v) is 2.13. The van der Waals surface area contributed by atoms with Crippen molar-refractivity contribution >= 4 is 11.6 Å². The van der Waals surface area contributed by atoms with Crippen molar-refractivity contribution in [2.24, 2.45) is 0 Å². The molecule has 22 heavy (non-hydrogen) atoms. The van der Waals surface area contributed by atoms with Gasteiger partial charge in [-0.2, -0.15) is 0 Å². The predicted molar refractivity (Wildman–Crippen MR) is 82.5 cm³/mol. The summed E-state index contributed by atoms with van der Waals surface area (Å²) in [7, 11) is 0. The Kier molecular flexibility index (Phi) is 4.83. The van der Waals surface area contributed by atoms with E-state index >= 15 is 0 Å². The van der Waals surface area contributed by atoms with Gasteiger partial charge in [0.05, 0.1) is 17.0 Å². The summed E-state index contributed by atoms with van der Waals surface area (Å²) in [5.74, 6) is -0.187. The molecule has 0 saturated heterocycles. The molecule has 0 fully saturated rings. The molecule has 1 aromatic carbocycles. The van der Waals surface area contributed by atoms with Crippen LogP contribution in [0.1, 0.15) is 28.5 Å². The molecular formula is C16H17N3O3. The fourth-order valence-electron chi connectivity index (χ4n) is 2.13. The summed E-state index contributed by atoms with van der Waals surface area (Å²) in [4.78, 5) is 28.8. The van der Waals surface area contributed by atoms with Crippen LogP contribution in [0.5, 0.6) is 0 Å². The molecule has 0 N–H and O–H groups in total. The van der Waals surface area contributed by atoms with Gasteiger partial charge in [0.2, 0.25) is 0 Å². The SMILES string of the molecule is CCN(Cc1ccccc1[N+](=O)[O-])C(=O)c1ccc(C)nc1. The third kappa shape index (κ3) is 3.46. The molecule has 2 rings (SSSR count). The molecule has 0 aliphatic heterocycles. The molecule has 0 spiro atoms. The number of aryl methyl sites for hydroxylation is 1. The first-order valence-corrected chi connectivity index (χ1v) is 6.97. The molecule has 0 aliphatic rings. The molecule has 0 radical (unpaired) electrons. The summed E-state index contributed by atoms with van der Waals surface area (Å²) in [5, 5.41) is 11.1. The van der Waals surface area contributed by atoms with Crippen LogP contribution in [0.25, 0.3) is 0 Å². The number of para-hydroxylation sites is 1. The molecule has 0 atom stereocenters. The molecular weight excluding hydrogens is 282 g/mol. The third-order valence-corrected chi connectivity index (χ3v) is 3.38. The van der Waals surface area contributed by atoms with Crippen LogP contribution in [0.4, 0.5) is 5.69 Å². The Morgan fingerprint density at radius 1 is 1.27 bits per heavy atom. The van der Waals surface area contributed by atoms with Crippen LogP contribution < -0.4 is 0 Å². The Morgan fingerprint density at radius 3 is 2.59 bits per heavy atom. The van der Waals surface area contributed by atoms with E-state index < -0.39 is 4.92 Å². The minimum atomic E-state index is -0.429. The lowest BCUT2D eigenvalue weighted by molar-refractivity contribution is -0.385. The van der Waals surface area contributed by atoms with Crippen molar-refractivity contribution in [2.75, 3.05) is 6.54 Å². The van der Waals surface area contributed by atoms with E-state index in [2.05, 4.69) is 4.98 Å². The van der Waals surface area contributed by atoms with Gasteiger partial charge in [0.15, 0.2) is 0 Å². The first-order chi connectivity index (χ1) is 10.5. The van der Waals surface area contributed by atoms with Gasteiger partial charge in [0.1, 0.15) is 0 Å². The monoisotopic (exact) mass is 299 g/mol. The van der Waals surface area contributed by atoms with E-state index in [4.69, 9.17) is 0 Å².